The van der Waals surface area contributed by atoms with Crippen LogP contribution in [0.15, 0.2) is 24.4 Å². The Morgan fingerprint density at radius 1 is 1.10 bits per heavy atom. The van der Waals surface area contributed by atoms with Gasteiger partial charge in [0.05, 0.1) is 37.3 Å². The standard InChI is InChI=1S/C21H25N5O3/c1-14-12-17-19(21(23-14)29-16-3-8-27-9-4-16)20(25-24-17)15-2-5-22-18(13-15)26-6-10-28-11-7-26/h2,5,12-13,16H,3-4,6-11H2,1H3,(H,24,25). The van der Waals surface area contributed by atoms with Crippen molar-refractivity contribution in [1.82, 2.24) is 20.2 Å². The first-order valence-corrected chi connectivity index (χ1v) is 10.2. The van der Waals surface area contributed by atoms with Gasteiger partial charge in [-0.1, -0.05) is 0 Å². The maximum Gasteiger partial charge on any atom is 0.225 e. The fourth-order valence-corrected chi connectivity index (χ4v) is 3.91. The van der Waals surface area contributed by atoms with E-state index in [0.29, 0.717) is 5.88 Å². The van der Waals surface area contributed by atoms with E-state index in [1.807, 2.05) is 25.3 Å². The largest absolute Gasteiger partial charge is 0.474 e. The van der Waals surface area contributed by atoms with Crippen molar-refractivity contribution in [2.45, 2.75) is 25.9 Å². The molecule has 3 aromatic heterocycles. The molecule has 8 nitrogen and oxygen atoms in total. The molecule has 0 atom stereocenters. The minimum atomic E-state index is 0.116. The lowest BCUT2D eigenvalue weighted by molar-refractivity contribution is 0.0244. The summed E-state index contributed by atoms with van der Waals surface area (Å²) in [4.78, 5) is 11.5. The van der Waals surface area contributed by atoms with Crippen molar-refractivity contribution in [3.8, 4) is 17.1 Å². The summed E-state index contributed by atoms with van der Waals surface area (Å²) in [5.41, 5.74) is 3.67. The summed E-state index contributed by atoms with van der Waals surface area (Å²) >= 11 is 0. The maximum atomic E-state index is 6.32. The topological polar surface area (TPSA) is 85.4 Å². The molecule has 5 heterocycles. The van der Waals surface area contributed by atoms with Crippen LogP contribution in [0, 0.1) is 6.92 Å². The Morgan fingerprint density at radius 3 is 2.72 bits per heavy atom. The predicted molar refractivity (Wildman–Crippen MR) is 109 cm³/mol. The molecule has 2 aliphatic heterocycles. The van der Waals surface area contributed by atoms with E-state index in [9.17, 15) is 0 Å². The summed E-state index contributed by atoms with van der Waals surface area (Å²) in [7, 11) is 0. The molecule has 2 fully saturated rings. The normalized spacial score (nSPS) is 18.3. The molecule has 0 unspecified atom stereocenters. The SMILES string of the molecule is Cc1cc2[nH]nc(-c3ccnc(N4CCOCC4)c3)c2c(OC2CCOCC2)n1. The Kier molecular flexibility index (Phi) is 5.03. The van der Waals surface area contributed by atoms with Crippen molar-refractivity contribution in [2.24, 2.45) is 0 Å². The van der Waals surface area contributed by atoms with Crippen LogP contribution in [-0.4, -0.2) is 65.8 Å². The first-order valence-electron chi connectivity index (χ1n) is 10.2. The van der Waals surface area contributed by atoms with Crippen LogP contribution in [0.4, 0.5) is 5.82 Å². The number of rotatable bonds is 4. The second-order valence-electron chi connectivity index (χ2n) is 7.50. The number of ether oxygens (including phenoxy) is 3. The van der Waals surface area contributed by atoms with Gasteiger partial charge in [-0.15, -0.1) is 0 Å². The van der Waals surface area contributed by atoms with Gasteiger partial charge >= 0.3 is 0 Å². The van der Waals surface area contributed by atoms with E-state index >= 15 is 0 Å². The van der Waals surface area contributed by atoms with Gasteiger partial charge in [0.1, 0.15) is 17.6 Å². The van der Waals surface area contributed by atoms with Crippen molar-refractivity contribution < 1.29 is 14.2 Å². The Morgan fingerprint density at radius 2 is 1.90 bits per heavy atom. The minimum absolute atomic E-state index is 0.116. The van der Waals surface area contributed by atoms with Gasteiger partial charge in [-0.05, 0) is 25.1 Å². The van der Waals surface area contributed by atoms with Gasteiger partial charge in [0.2, 0.25) is 5.88 Å². The summed E-state index contributed by atoms with van der Waals surface area (Å²) in [6.45, 7) is 6.57. The molecular formula is C21H25N5O3. The number of H-pyrrole nitrogens is 1. The number of aromatic amines is 1. The third-order valence-corrected chi connectivity index (χ3v) is 5.44. The molecule has 0 aromatic carbocycles. The maximum absolute atomic E-state index is 6.32. The van der Waals surface area contributed by atoms with Gasteiger partial charge in [-0.2, -0.15) is 5.10 Å². The van der Waals surface area contributed by atoms with E-state index in [1.54, 1.807) is 0 Å². The molecule has 0 spiro atoms. The Bertz CT molecular complexity index is 993. The number of nitrogens with zero attached hydrogens (tertiary/aromatic N) is 4. The van der Waals surface area contributed by atoms with Gasteiger partial charge in [0, 0.05) is 43.4 Å². The van der Waals surface area contributed by atoms with Crippen molar-refractivity contribution in [2.75, 3.05) is 44.4 Å². The summed E-state index contributed by atoms with van der Waals surface area (Å²) in [6.07, 6.45) is 3.70. The molecule has 0 radical (unpaired) electrons. The Balaban J connectivity index is 1.53. The fraction of sp³-hybridized carbons (Fsp3) is 0.476. The zero-order valence-corrected chi connectivity index (χ0v) is 16.6. The van der Waals surface area contributed by atoms with Crippen LogP contribution >= 0.6 is 0 Å². The number of hydrogen-bond acceptors (Lipinski definition) is 7. The minimum Gasteiger partial charge on any atom is -0.474 e. The van der Waals surface area contributed by atoms with Gasteiger partial charge < -0.3 is 19.1 Å². The smallest absolute Gasteiger partial charge is 0.225 e. The van der Waals surface area contributed by atoms with Crippen LogP contribution in [0.2, 0.25) is 0 Å². The van der Waals surface area contributed by atoms with Crippen LogP contribution in [0.5, 0.6) is 5.88 Å². The molecule has 0 bridgehead atoms. The molecule has 3 aromatic rings. The number of fused-ring (bicyclic) bond motifs is 1. The highest BCUT2D eigenvalue weighted by Crippen LogP contribution is 2.35. The third kappa shape index (κ3) is 3.77. The average Bonchev–Trinajstić information content (AvgIpc) is 3.19. The average molecular weight is 395 g/mol. The summed E-state index contributed by atoms with van der Waals surface area (Å²) < 4.78 is 17.2. The highest BCUT2D eigenvalue weighted by atomic mass is 16.5. The van der Waals surface area contributed by atoms with Crippen molar-refractivity contribution in [3.63, 3.8) is 0 Å². The van der Waals surface area contributed by atoms with Crippen molar-refractivity contribution >= 4 is 16.7 Å². The number of aryl methyl sites for hydroxylation is 1. The van der Waals surface area contributed by atoms with Gasteiger partial charge in [0.25, 0.3) is 0 Å². The summed E-state index contributed by atoms with van der Waals surface area (Å²) in [5.74, 6) is 1.58. The zero-order chi connectivity index (χ0) is 19.6. The van der Waals surface area contributed by atoms with Crippen LogP contribution in [0.3, 0.4) is 0 Å². The highest BCUT2D eigenvalue weighted by Gasteiger charge is 2.22. The van der Waals surface area contributed by atoms with E-state index in [0.717, 1.165) is 86.0 Å². The Labute approximate surface area is 169 Å². The summed E-state index contributed by atoms with van der Waals surface area (Å²) in [6, 6.07) is 6.07. The highest BCUT2D eigenvalue weighted by molar-refractivity contribution is 5.97. The van der Waals surface area contributed by atoms with E-state index < -0.39 is 0 Å². The zero-order valence-electron chi connectivity index (χ0n) is 16.6. The summed E-state index contributed by atoms with van der Waals surface area (Å²) in [5, 5.41) is 8.68. The number of nitrogens with one attached hydrogen (secondary N) is 1. The molecule has 2 aliphatic rings. The van der Waals surface area contributed by atoms with Gasteiger partial charge in [-0.25, -0.2) is 9.97 Å². The third-order valence-electron chi connectivity index (χ3n) is 5.44. The van der Waals surface area contributed by atoms with Crippen LogP contribution in [0.25, 0.3) is 22.2 Å². The van der Waals surface area contributed by atoms with Crippen LogP contribution in [0.1, 0.15) is 18.5 Å². The molecule has 0 saturated carbocycles. The quantitative estimate of drug-likeness (QED) is 0.727. The van der Waals surface area contributed by atoms with E-state index in [4.69, 9.17) is 19.2 Å². The molecule has 0 aliphatic carbocycles. The second kappa shape index (κ2) is 7.96. The fourth-order valence-electron chi connectivity index (χ4n) is 3.91. The Hall–Kier alpha value is -2.71. The van der Waals surface area contributed by atoms with Gasteiger partial charge in [-0.3, -0.25) is 5.10 Å². The molecule has 1 N–H and O–H groups in total. The first kappa shape index (κ1) is 18.3. The van der Waals surface area contributed by atoms with Crippen LogP contribution < -0.4 is 9.64 Å². The van der Waals surface area contributed by atoms with E-state index in [1.165, 1.54) is 0 Å². The molecular weight excluding hydrogens is 370 g/mol. The molecule has 0 amide bonds. The molecule has 2 saturated heterocycles. The second-order valence-corrected chi connectivity index (χ2v) is 7.50. The molecule has 29 heavy (non-hydrogen) atoms. The lowest BCUT2D eigenvalue weighted by Gasteiger charge is -2.28. The lowest BCUT2D eigenvalue weighted by atomic mass is 10.1. The van der Waals surface area contributed by atoms with Crippen LogP contribution in [-0.2, 0) is 9.47 Å². The van der Waals surface area contributed by atoms with E-state index in [-0.39, 0.29) is 6.10 Å². The van der Waals surface area contributed by atoms with Crippen molar-refractivity contribution in [1.29, 1.82) is 0 Å². The monoisotopic (exact) mass is 395 g/mol. The molecule has 5 rings (SSSR count). The van der Waals surface area contributed by atoms with E-state index in [2.05, 4.69) is 26.1 Å². The predicted octanol–water partition coefficient (Wildman–Crippen LogP) is 2.72. The van der Waals surface area contributed by atoms with Crippen molar-refractivity contribution in [3.05, 3.63) is 30.1 Å². The molecule has 152 valence electrons. The first-order chi connectivity index (χ1) is 14.3. The number of pyridine rings is 2. The number of anilines is 1. The number of aromatic nitrogens is 4. The van der Waals surface area contributed by atoms with Gasteiger partial charge in [0.15, 0.2) is 0 Å². The lowest BCUT2D eigenvalue weighted by Crippen LogP contribution is -2.36. The number of morpholine rings is 1. The molecule has 8 heteroatoms. The number of hydrogen-bond donors (Lipinski definition) is 1.